The molecule has 92 valence electrons. The van der Waals surface area contributed by atoms with Gasteiger partial charge >= 0.3 is 6.03 Å². The molecule has 4 nitrogen and oxygen atoms in total. The molecule has 0 aromatic carbocycles. The average Bonchev–Trinajstić information content (AvgIpc) is 2.88. The lowest BCUT2D eigenvalue weighted by molar-refractivity contribution is 0.0873. The second-order valence-corrected chi connectivity index (χ2v) is 4.91. The van der Waals surface area contributed by atoms with Gasteiger partial charge in [-0.15, -0.1) is 0 Å². The molecule has 0 heterocycles. The van der Waals surface area contributed by atoms with Crippen LogP contribution >= 0.6 is 0 Å². The van der Waals surface area contributed by atoms with Crippen molar-refractivity contribution in [3.05, 3.63) is 0 Å². The fraction of sp³-hybridized carbons (Fsp3) is 0.917. The van der Waals surface area contributed by atoms with Crippen LogP contribution in [-0.4, -0.2) is 31.3 Å². The van der Waals surface area contributed by atoms with E-state index in [2.05, 4.69) is 10.6 Å². The summed E-state index contributed by atoms with van der Waals surface area (Å²) in [6.45, 7) is 0. The van der Waals surface area contributed by atoms with Crippen LogP contribution < -0.4 is 10.6 Å². The van der Waals surface area contributed by atoms with Gasteiger partial charge in [-0.05, 0) is 32.1 Å². The third kappa shape index (κ3) is 2.88. The molecule has 0 saturated heterocycles. The lowest BCUT2D eigenvalue weighted by Gasteiger charge is -2.21. The van der Waals surface area contributed by atoms with Gasteiger partial charge < -0.3 is 15.4 Å². The highest BCUT2D eigenvalue weighted by atomic mass is 16.5. The highest BCUT2D eigenvalue weighted by molar-refractivity contribution is 5.74. The molecular formula is C12H22N2O2. The smallest absolute Gasteiger partial charge is 0.315 e. The number of methoxy groups -OCH3 is 1. The van der Waals surface area contributed by atoms with Crippen LogP contribution in [0.4, 0.5) is 4.79 Å². The Balaban J connectivity index is 1.73. The molecule has 2 amide bonds. The highest BCUT2D eigenvalue weighted by Crippen LogP contribution is 2.22. The number of amides is 2. The summed E-state index contributed by atoms with van der Waals surface area (Å²) in [7, 11) is 1.72. The molecule has 2 fully saturated rings. The zero-order chi connectivity index (χ0) is 11.4. The minimum Gasteiger partial charge on any atom is -0.379 e. The maximum atomic E-state index is 11.7. The minimum absolute atomic E-state index is 0.0131. The molecule has 2 aliphatic carbocycles. The number of nitrogens with one attached hydrogen (secondary N) is 2. The molecule has 2 atom stereocenters. The molecule has 0 aromatic heterocycles. The maximum absolute atomic E-state index is 11.7. The van der Waals surface area contributed by atoms with E-state index in [9.17, 15) is 4.79 Å². The second-order valence-electron chi connectivity index (χ2n) is 4.91. The number of carbonyl (C=O) groups excluding carboxylic acids is 1. The van der Waals surface area contributed by atoms with Gasteiger partial charge in [-0.1, -0.05) is 12.8 Å². The Morgan fingerprint density at radius 3 is 2.50 bits per heavy atom. The minimum atomic E-state index is -0.0131. The molecule has 16 heavy (non-hydrogen) atoms. The predicted molar refractivity (Wildman–Crippen MR) is 62.4 cm³/mol. The maximum Gasteiger partial charge on any atom is 0.315 e. The molecule has 2 N–H and O–H groups in total. The number of ether oxygens (including phenoxy) is 1. The summed E-state index contributed by atoms with van der Waals surface area (Å²) in [4.78, 5) is 11.7. The first kappa shape index (κ1) is 11.7. The first-order valence-electron chi connectivity index (χ1n) is 6.39. The van der Waals surface area contributed by atoms with Crippen molar-refractivity contribution in [2.24, 2.45) is 0 Å². The lowest BCUT2D eigenvalue weighted by atomic mass is 10.2. The van der Waals surface area contributed by atoms with E-state index < -0.39 is 0 Å². The molecule has 2 unspecified atom stereocenters. The summed E-state index contributed by atoms with van der Waals surface area (Å²) in [5, 5.41) is 6.08. The van der Waals surface area contributed by atoms with Crippen LogP contribution in [0.5, 0.6) is 0 Å². The van der Waals surface area contributed by atoms with Crippen LogP contribution in [-0.2, 0) is 4.74 Å². The Labute approximate surface area is 97.1 Å². The zero-order valence-corrected chi connectivity index (χ0v) is 10.00. The van der Waals surface area contributed by atoms with E-state index in [4.69, 9.17) is 4.74 Å². The standard InChI is InChI=1S/C12H22N2O2/c1-16-11-8-4-7-10(11)14-12(15)13-9-5-2-3-6-9/h9-11H,2-8H2,1H3,(H2,13,14,15). The van der Waals surface area contributed by atoms with Crippen molar-refractivity contribution in [2.75, 3.05) is 7.11 Å². The SMILES string of the molecule is COC1CCCC1NC(=O)NC1CCCC1. The average molecular weight is 226 g/mol. The van der Waals surface area contributed by atoms with Crippen molar-refractivity contribution in [1.82, 2.24) is 10.6 Å². The molecule has 2 aliphatic rings. The summed E-state index contributed by atoms with van der Waals surface area (Å²) in [5.74, 6) is 0. The molecule has 2 rings (SSSR count). The van der Waals surface area contributed by atoms with Gasteiger partial charge in [-0.3, -0.25) is 0 Å². The summed E-state index contributed by atoms with van der Waals surface area (Å²) < 4.78 is 5.35. The molecule has 0 aliphatic heterocycles. The van der Waals surface area contributed by atoms with Crippen LogP contribution in [0.3, 0.4) is 0 Å². The van der Waals surface area contributed by atoms with Gasteiger partial charge in [0.15, 0.2) is 0 Å². The third-order valence-electron chi connectivity index (χ3n) is 3.76. The van der Waals surface area contributed by atoms with Crippen molar-refractivity contribution in [2.45, 2.75) is 63.1 Å². The van der Waals surface area contributed by atoms with E-state index in [1.54, 1.807) is 7.11 Å². The molecule has 4 heteroatoms. The van der Waals surface area contributed by atoms with Crippen molar-refractivity contribution >= 4 is 6.03 Å². The number of hydrogen-bond acceptors (Lipinski definition) is 2. The van der Waals surface area contributed by atoms with Gasteiger partial charge in [0.2, 0.25) is 0 Å². The molecule has 0 spiro atoms. The first-order valence-corrected chi connectivity index (χ1v) is 6.39. The second kappa shape index (κ2) is 5.53. The van der Waals surface area contributed by atoms with Crippen molar-refractivity contribution < 1.29 is 9.53 Å². The van der Waals surface area contributed by atoms with Crippen LogP contribution in [0, 0.1) is 0 Å². The molecule has 0 aromatic rings. The lowest BCUT2D eigenvalue weighted by Crippen LogP contribution is -2.48. The number of urea groups is 1. The van der Waals surface area contributed by atoms with E-state index >= 15 is 0 Å². The van der Waals surface area contributed by atoms with E-state index in [1.807, 2.05) is 0 Å². The Hall–Kier alpha value is -0.770. The Kier molecular flexibility index (Phi) is 4.04. The van der Waals surface area contributed by atoms with Gasteiger partial charge in [0.25, 0.3) is 0 Å². The molecule has 0 bridgehead atoms. The van der Waals surface area contributed by atoms with Gasteiger partial charge in [0, 0.05) is 13.2 Å². The topological polar surface area (TPSA) is 50.4 Å². The number of hydrogen-bond donors (Lipinski definition) is 2. The van der Waals surface area contributed by atoms with Gasteiger partial charge in [-0.2, -0.15) is 0 Å². The zero-order valence-electron chi connectivity index (χ0n) is 10.00. The van der Waals surface area contributed by atoms with E-state index in [-0.39, 0.29) is 18.2 Å². The van der Waals surface area contributed by atoms with Crippen molar-refractivity contribution in [3.63, 3.8) is 0 Å². The van der Waals surface area contributed by atoms with Crippen LogP contribution in [0.2, 0.25) is 0 Å². The highest BCUT2D eigenvalue weighted by Gasteiger charge is 2.29. The van der Waals surface area contributed by atoms with Gasteiger partial charge in [0.1, 0.15) is 0 Å². The normalized spacial score (nSPS) is 30.6. The summed E-state index contributed by atoms with van der Waals surface area (Å²) in [6.07, 6.45) is 8.20. The van der Waals surface area contributed by atoms with Crippen LogP contribution in [0.25, 0.3) is 0 Å². The fourth-order valence-corrected chi connectivity index (χ4v) is 2.84. The monoisotopic (exact) mass is 226 g/mol. The quantitative estimate of drug-likeness (QED) is 0.771. The van der Waals surface area contributed by atoms with Crippen LogP contribution in [0.15, 0.2) is 0 Å². The van der Waals surface area contributed by atoms with E-state index in [0.29, 0.717) is 6.04 Å². The Bertz CT molecular complexity index is 239. The third-order valence-corrected chi connectivity index (χ3v) is 3.76. The van der Waals surface area contributed by atoms with E-state index in [1.165, 1.54) is 12.8 Å². The number of carbonyl (C=O) groups is 1. The van der Waals surface area contributed by atoms with Gasteiger partial charge in [-0.25, -0.2) is 4.79 Å². The fourth-order valence-electron chi connectivity index (χ4n) is 2.84. The Morgan fingerprint density at radius 1 is 1.06 bits per heavy atom. The molecule has 2 saturated carbocycles. The first-order chi connectivity index (χ1) is 7.79. The van der Waals surface area contributed by atoms with E-state index in [0.717, 1.165) is 32.1 Å². The molecule has 0 radical (unpaired) electrons. The van der Waals surface area contributed by atoms with Gasteiger partial charge in [0.05, 0.1) is 12.1 Å². The summed E-state index contributed by atoms with van der Waals surface area (Å²) in [6, 6.07) is 0.578. The number of rotatable bonds is 3. The van der Waals surface area contributed by atoms with Crippen LogP contribution in [0.1, 0.15) is 44.9 Å². The summed E-state index contributed by atoms with van der Waals surface area (Å²) in [5.41, 5.74) is 0. The van der Waals surface area contributed by atoms with Crippen molar-refractivity contribution in [1.29, 1.82) is 0 Å². The summed E-state index contributed by atoms with van der Waals surface area (Å²) >= 11 is 0. The largest absolute Gasteiger partial charge is 0.379 e. The Morgan fingerprint density at radius 2 is 1.81 bits per heavy atom. The van der Waals surface area contributed by atoms with Crippen molar-refractivity contribution in [3.8, 4) is 0 Å². The predicted octanol–water partition coefficient (Wildman–Crippen LogP) is 1.80. The molecular weight excluding hydrogens is 204 g/mol.